The fraction of sp³-hybridized carbons (Fsp3) is 0.256. The molecule has 0 aliphatic heterocycles. The highest BCUT2D eigenvalue weighted by molar-refractivity contribution is 7.14. The number of Topliss-reactive ketones (excluding diaryl/α,β-unsaturated/α-hetero) is 1. The van der Waals surface area contributed by atoms with E-state index in [1.54, 1.807) is 36.4 Å². The SMILES string of the molecule is C[C@@H](NC(=O)[C@@H](CC(=O)c1ccc(C(C)(C)C)s1)Cc1ccc(-c2ncc(-c3ccc(-c4ccc(C(F)(F)F)cc4)c(F)c3)cn2)cc1)C(=O)O. The van der Waals surface area contributed by atoms with Crippen LogP contribution in [0.25, 0.3) is 33.6 Å². The number of amides is 1. The lowest BCUT2D eigenvalue weighted by atomic mass is 9.92. The number of benzene rings is 3. The van der Waals surface area contributed by atoms with Gasteiger partial charge in [0.1, 0.15) is 11.9 Å². The van der Waals surface area contributed by atoms with Gasteiger partial charge in [-0.2, -0.15) is 13.2 Å². The number of carboxylic acid groups (broad SMARTS) is 1. The molecule has 1 amide bonds. The Hall–Kier alpha value is -5.23. The highest BCUT2D eigenvalue weighted by atomic mass is 32.1. The van der Waals surface area contributed by atoms with Crippen LogP contribution in [0.4, 0.5) is 17.6 Å². The van der Waals surface area contributed by atoms with E-state index in [9.17, 15) is 32.7 Å². The molecule has 0 unspecified atom stereocenters. The van der Waals surface area contributed by atoms with Gasteiger partial charge in [-0.05, 0) is 65.8 Å². The van der Waals surface area contributed by atoms with Crippen LogP contribution < -0.4 is 5.32 Å². The minimum atomic E-state index is -4.48. The molecule has 2 N–H and O–H groups in total. The van der Waals surface area contributed by atoms with Crippen LogP contribution in [0.5, 0.6) is 0 Å². The molecule has 5 rings (SSSR count). The Morgan fingerprint density at radius 1 is 0.824 bits per heavy atom. The van der Waals surface area contributed by atoms with Crippen molar-refractivity contribution in [2.24, 2.45) is 5.92 Å². The summed E-state index contributed by atoms with van der Waals surface area (Å²) in [4.78, 5) is 48.3. The number of thiophene rings is 1. The molecule has 12 heteroatoms. The number of nitrogens with zero attached hydrogens (tertiary/aromatic N) is 2. The molecule has 0 spiro atoms. The van der Waals surface area contributed by atoms with Gasteiger partial charge in [-0.1, -0.05) is 69.3 Å². The Morgan fingerprint density at radius 3 is 1.98 bits per heavy atom. The molecule has 2 heterocycles. The Balaban J connectivity index is 1.29. The summed E-state index contributed by atoms with van der Waals surface area (Å²) in [6.07, 6.45) is -1.32. The fourth-order valence-electron chi connectivity index (χ4n) is 5.33. The summed E-state index contributed by atoms with van der Waals surface area (Å²) in [5.74, 6) is -2.94. The summed E-state index contributed by atoms with van der Waals surface area (Å²) in [5.41, 5.74) is 1.95. The number of aliphatic carboxylic acids is 1. The molecule has 0 aliphatic carbocycles. The molecule has 2 atom stereocenters. The quantitative estimate of drug-likeness (QED) is 0.104. The molecule has 3 aromatic carbocycles. The van der Waals surface area contributed by atoms with Gasteiger partial charge in [0.25, 0.3) is 0 Å². The molecule has 0 saturated carbocycles. The molecule has 5 aromatic rings. The maximum atomic E-state index is 15.0. The zero-order valence-corrected chi connectivity index (χ0v) is 29.0. The molecule has 51 heavy (non-hydrogen) atoms. The van der Waals surface area contributed by atoms with E-state index < -0.39 is 41.4 Å². The van der Waals surface area contributed by atoms with Crippen molar-refractivity contribution >= 4 is 29.0 Å². The van der Waals surface area contributed by atoms with Crippen molar-refractivity contribution in [1.82, 2.24) is 15.3 Å². The highest BCUT2D eigenvalue weighted by Gasteiger charge is 2.30. The summed E-state index contributed by atoms with van der Waals surface area (Å²) in [5, 5.41) is 11.8. The van der Waals surface area contributed by atoms with Crippen LogP contribution in [-0.2, 0) is 27.6 Å². The van der Waals surface area contributed by atoms with E-state index in [4.69, 9.17) is 0 Å². The first-order valence-electron chi connectivity index (χ1n) is 16.0. The lowest BCUT2D eigenvalue weighted by Gasteiger charge is -2.18. The first-order valence-corrected chi connectivity index (χ1v) is 16.9. The van der Waals surface area contributed by atoms with E-state index in [-0.39, 0.29) is 29.6 Å². The molecule has 0 bridgehead atoms. The second-order valence-corrected chi connectivity index (χ2v) is 14.4. The van der Waals surface area contributed by atoms with Gasteiger partial charge in [-0.3, -0.25) is 14.4 Å². The molecule has 264 valence electrons. The van der Waals surface area contributed by atoms with Crippen molar-refractivity contribution in [2.45, 2.75) is 58.2 Å². The molecular weight excluding hydrogens is 683 g/mol. The monoisotopic (exact) mass is 717 g/mol. The van der Waals surface area contributed by atoms with E-state index in [1.165, 1.54) is 54.9 Å². The van der Waals surface area contributed by atoms with Gasteiger partial charge in [0.05, 0.1) is 10.4 Å². The topological polar surface area (TPSA) is 109 Å². The Kier molecular flexibility index (Phi) is 10.8. The second kappa shape index (κ2) is 14.9. The summed E-state index contributed by atoms with van der Waals surface area (Å²) in [6.45, 7) is 7.52. The Labute approximate surface area is 296 Å². The summed E-state index contributed by atoms with van der Waals surface area (Å²) in [6, 6.07) is 18.4. The van der Waals surface area contributed by atoms with Crippen LogP contribution >= 0.6 is 11.3 Å². The first-order chi connectivity index (χ1) is 24.0. The van der Waals surface area contributed by atoms with Crippen LogP contribution in [0.2, 0.25) is 0 Å². The smallest absolute Gasteiger partial charge is 0.416 e. The standard InChI is InChI=1S/C39H35F4N3O4S/c1-22(37(49)50)46-36(48)27(19-32(47)33-15-16-34(51-33)38(2,3)4)17-23-5-7-25(8-6-23)35-44-20-28(21-45-35)26-11-14-30(31(40)18-26)24-9-12-29(13-10-24)39(41,42)43/h5-16,18,20-22,27H,17,19H2,1-4H3,(H,46,48)(H,49,50)/t22-,27-/m1/s1. The van der Waals surface area contributed by atoms with Crippen LogP contribution in [0, 0.1) is 11.7 Å². The fourth-order valence-corrected chi connectivity index (χ4v) is 6.35. The van der Waals surface area contributed by atoms with E-state index in [0.717, 1.165) is 22.6 Å². The molecule has 7 nitrogen and oxygen atoms in total. The number of alkyl halides is 3. The van der Waals surface area contributed by atoms with Gasteiger partial charge in [0, 0.05) is 46.3 Å². The van der Waals surface area contributed by atoms with Crippen molar-refractivity contribution in [3.05, 3.63) is 118 Å². The van der Waals surface area contributed by atoms with Gasteiger partial charge in [-0.25, -0.2) is 14.4 Å². The predicted octanol–water partition coefficient (Wildman–Crippen LogP) is 9.02. The predicted molar refractivity (Wildman–Crippen MR) is 188 cm³/mol. The van der Waals surface area contributed by atoms with Crippen molar-refractivity contribution < 1.29 is 37.1 Å². The molecule has 2 aromatic heterocycles. The summed E-state index contributed by atoms with van der Waals surface area (Å²) in [7, 11) is 0. The van der Waals surface area contributed by atoms with Crippen molar-refractivity contribution in [2.75, 3.05) is 0 Å². The van der Waals surface area contributed by atoms with Crippen molar-refractivity contribution in [1.29, 1.82) is 0 Å². The van der Waals surface area contributed by atoms with Gasteiger partial charge in [0.2, 0.25) is 5.91 Å². The van der Waals surface area contributed by atoms with Gasteiger partial charge >= 0.3 is 12.1 Å². The molecular formula is C39H35F4N3O4S. The minimum Gasteiger partial charge on any atom is -0.480 e. The summed E-state index contributed by atoms with van der Waals surface area (Å²) >= 11 is 1.39. The third kappa shape index (κ3) is 9.12. The molecule has 0 fully saturated rings. The zero-order valence-electron chi connectivity index (χ0n) is 28.2. The van der Waals surface area contributed by atoms with Crippen LogP contribution in [-0.4, -0.2) is 38.8 Å². The molecule has 0 aliphatic rings. The summed E-state index contributed by atoms with van der Waals surface area (Å²) < 4.78 is 53.8. The van der Waals surface area contributed by atoms with E-state index >= 15 is 4.39 Å². The van der Waals surface area contributed by atoms with Crippen molar-refractivity contribution in [3.63, 3.8) is 0 Å². The highest BCUT2D eigenvalue weighted by Crippen LogP contribution is 2.34. The van der Waals surface area contributed by atoms with E-state index in [0.29, 0.717) is 33.0 Å². The number of rotatable bonds is 11. The van der Waals surface area contributed by atoms with Crippen LogP contribution in [0.15, 0.2) is 91.3 Å². The molecule has 0 saturated heterocycles. The third-order valence-electron chi connectivity index (χ3n) is 8.32. The Bertz CT molecular complexity index is 2040. The Morgan fingerprint density at radius 2 is 1.43 bits per heavy atom. The van der Waals surface area contributed by atoms with Gasteiger partial charge in [-0.15, -0.1) is 11.3 Å². The largest absolute Gasteiger partial charge is 0.480 e. The number of carbonyl (C=O) groups is 3. The van der Waals surface area contributed by atoms with Crippen LogP contribution in [0.3, 0.4) is 0 Å². The number of aromatic nitrogens is 2. The average Bonchev–Trinajstić information content (AvgIpc) is 3.60. The van der Waals surface area contributed by atoms with Gasteiger partial charge in [0.15, 0.2) is 11.6 Å². The zero-order chi connectivity index (χ0) is 37.1. The van der Waals surface area contributed by atoms with Crippen molar-refractivity contribution in [3.8, 4) is 33.6 Å². The van der Waals surface area contributed by atoms with Gasteiger partial charge < -0.3 is 10.4 Å². The number of halogens is 4. The minimum absolute atomic E-state index is 0.0967. The maximum absolute atomic E-state index is 15.0. The number of ketones is 1. The van der Waals surface area contributed by atoms with E-state index in [1.807, 2.05) is 6.07 Å². The van der Waals surface area contributed by atoms with Crippen LogP contribution in [0.1, 0.15) is 59.8 Å². The number of hydrogen-bond donors (Lipinski definition) is 2. The number of carbonyl (C=O) groups excluding carboxylic acids is 2. The second-order valence-electron chi connectivity index (χ2n) is 13.3. The third-order valence-corrected chi connectivity index (χ3v) is 9.88. The average molecular weight is 718 g/mol. The normalized spacial score (nSPS) is 13.0. The maximum Gasteiger partial charge on any atom is 0.416 e. The lowest BCUT2D eigenvalue weighted by molar-refractivity contribution is -0.141. The van der Waals surface area contributed by atoms with E-state index in [2.05, 4.69) is 36.1 Å². The number of hydrogen-bond acceptors (Lipinski definition) is 6. The number of nitrogens with one attached hydrogen (secondary N) is 1. The lowest BCUT2D eigenvalue weighted by Crippen LogP contribution is -2.42. The first kappa shape index (κ1) is 37.0. The number of carboxylic acids is 1. The molecule has 0 radical (unpaired) electrons.